The number of rotatable bonds is 4. The summed E-state index contributed by atoms with van der Waals surface area (Å²) in [5, 5.41) is 13.1. The summed E-state index contributed by atoms with van der Waals surface area (Å²) in [6.45, 7) is 1.68. The van der Waals surface area contributed by atoms with Crippen molar-refractivity contribution >= 4 is 23.4 Å². The van der Waals surface area contributed by atoms with Crippen molar-refractivity contribution in [2.75, 3.05) is 0 Å². The lowest BCUT2D eigenvalue weighted by Gasteiger charge is -2.27. The number of nitro groups is 1. The molecule has 0 radical (unpaired) electrons. The van der Waals surface area contributed by atoms with Crippen LogP contribution in [-0.4, -0.2) is 39.6 Å². The Morgan fingerprint density at radius 2 is 2.04 bits per heavy atom. The van der Waals surface area contributed by atoms with E-state index in [1.165, 1.54) is 23.1 Å². The van der Waals surface area contributed by atoms with Crippen molar-refractivity contribution in [2.45, 2.75) is 38.3 Å². The molecule has 8 heteroatoms. The molecule has 1 aliphatic carbocycles. The third-order valence-electron chi connectivity index (χ3n) is 4.12. The first-order valence-corrected chi connectivity index (χ1v) is 7.30. The quantitative estimate of drug-likeness (QED) is 0.504. The van der Waals surface area contributed by atoms with Crippen LogP contribution in [0, 0.1) is 17.0 Å². The van der Waals surface area contributed by atoms with Crippen LogP contribution in [0.15, 0.2) is 18.2 Å². The predicted molar refractivity (Wildman–Crippen MR) is 78.6 cm³/mol. The van der Waals surface area contributed by atoms with Crippen LogP contribution in [-0.2, 0) is 9.59 Å². The average molecular weight is 317 g/mol. The van der Waals surface area contributed by atoms with Crippen molar-refractivity contribution in [1.82, 2.24) is 10.2 Å². The van der Waals surface area contributed by atoms with E-state index in [4.69, 9.17) is 0 Å². The summed E-state index contributed by atoms with van der Waals surface area (Å²) in [7, 11) is 0. The van der Waals surface area contributed by atoms with Gasteiger partial charge in [-0.15, -0.1) is 0 Å². The van der Waals surface area contributed by atoms with Crippen LogP contribution in [0.5, 0.6) is 0 Å². The highest BCUT2D eigenvalue weighted by atomic mass is 16.6. The number of hydrogen-bond donors (Lipinski definition) is 1. The largest absolute Gasteiger partial charge is 0.323 e. The molecule has 1 atom stereocenters. The Kier molecular flexibility index (Phi) is 3.59. The molecule has 1 N–H and O–H groups in total. The van der Waals surface area contributed by atoms with E-state index in [9.17, 15) is 24.5 Å². The normalized spacial score (nSPS) is 20.3. The van der Waals surface area contributed by atoms with Gasteiger partial charge in [0.25, 0.3) is 11.6 Å². The molecule has 120 valence electrons. The van der Waals surface area contributed by atoms with Gasteiger partial charge in [0.05, 0.1) is 11.3 Å². The van der Waals surface area contributed by atoms with E-state index in [0.29, 0.717) is 5.56 Å². The number of imide groups is 1. The summed E-state index contributed by atoms with van der Waals surface area (Å²) < 4.78 is 0. The van der Waals surface area contributed by atoms with Gasteiger partial charge in [-0.05, 0) is 25.3 Å². The van der Waals surface area contributed by atoms with Gasteiger partial charge in [0, 0.05) is 23.7 Å². The zero-order valence-corrected chi connectivity index (χ0v) is 12.4. The first kappa shape index (κ1) is 15.1. The molecule has 1 saturated heterocycles. The summed E-state index contributed by atoms with van der Waals surface area (Å²) in [6, 6.07) is 3.14. The SMILES string of the molecule is Cc1ccc([N+](=O)[O-])cc1C(=O)N(C1CC1)[C@@H]1CC(=O)NC1=O. The minimum absolute atomic E-state index is 0.0605. The van der Waals surface area contributed by atoms with Crippen LogP contribution < -0.4 is 5.32 Å². The van der Waals surface area contributed by atoms with Crippen molar-refractivity contribution in [3.63, 3.8) is 0 Å². The van der Waals surface area contributed by atoms with Crippen molar-refractivity contribution < 1.29 is 19.3 Å². The Morgan fingerprint density at radius 1 is 1.35 bits per heavy atom. The maximum atomic E-state index is 12.9. The summed E-state index contributed by atoms with van der Waals surface area (Å²) >= 11 is 0. The lowest BCUT2D eigenvalue weighted by Crippen LogP contribution is -2.46. The molecule has 1 aromatic carbocycles. The fourth-order valence-electron chi connectivity index (χ4n) is 2.77. The third-order valence-corrected chi connectivity index (χ3v) is 4.12. The number of carbonyl (C=O) groups is 3. The molecule has 1 saturated carbocycles. The second-order valence-corrected chi connectivity index (χ2v) is 5.83. The number of nitro benzene ring substituents is 1. The van der Waals surface area contributed by atoms with E-state index in [1.807, 2.05) is 0 Å². The van der Waals surface area contributed by atoms with Crippen LogP contribution in [0.25, 0.3) is 0 Å². The number of amides is 3. The van der Waals surface area contributed by atoms with E-state index in [2.05, 4.69) is 5.32 Å². The average Bonchev–Trinajstić information content (AvgIpc) is 3.25. The van der Waals surface area contributed by atoms with Crippen LogP contribution in [0.2, 0.25) is 0 Å². The van der Waals surface area contributed by atoms with E-state index < -0.39 is 28.7 Å². The van der Waals surface area contributed by atoms with Gasteiger partial charge in [-0.2, -0.15) is 0 Å². The Morgan fingerprint density at radius 3 is 2.57 bits per heavy atom. The van der Waals surface area contributed by atoms with Gasteiger partial charge in [0.2, 0.25) is 11.8 Å². The molecule has 3 rings (SSSR count). The van der Waals surface area contributed by atoms with Crippen molar-refractivity contribution in [3.8, 4) is 0 Å². The first-order chi connectivity index (χ1) is 10.9. The lowest BCUT2D eigenvalue weighted by atomic mass is 10.0. The molecule has 8 nitrogen and oxygen atoms in total. The van der Waals surface area contributed by atoms with Crippen LogP contribution in [0.3, 0.4) is 0 Å². The van der Waals surface area contributed by atoms with E-state index in [-0.39, 0.29) is 23.7 Å². The number of hydrogen-bond acceptors (Lipinski definition) is 5. The maximum Gasteiger partial charge on any atom is 0.270 e. The molecule has 0 spiro atoms. The highest BCUT2D eigenvalue weighted by Gasteiger charge is 2.45. The lowest BCUT2D eigenvalue weighted by molar-refractivity contribution is -0.384. The van der Waals surface area contributed by atoms with E-state index in [0.717, 1.165) is 12.8 Å². The zero-order valence-electron chi connectivity index (χ0n) is 12.4. The minimum atomic E-state index is -0.832. The fourth-order valence-corrected chi connectivity index (χ4v) is 2.77. The maximum absolute atomic E-state index is 12.9. The monoisotopic (exact) mass is 317 g/mol. The number of aryl methyl sites for hydroxylation is 1. The van der Waals surface area contributed by atoms with Crippen molar-refractivity contribution in [2.24, 2.45) is 0 Å². The number of carbonyl (C=O) groups excluding carboxylic acids is 3. The molecule has 1 heterocycles. The highest BCUT2D eigenvalue weighted by molar-refractivity contribution is 6.08. The molecule has 2 aliphatic rings. The first-order valence-electron chi connectivity index (χ1n) is 7.30. The molecule has 1 aliphatic heterocycles. The molecular formula is C15H15N3O5. The number of non-ortho nitro benzene ring substituents is 1. The fraction of sp³-hybridized carbons (Fsp3) is 0.400. The standard InChI is InChI=1S/C15H15N3O5/c1-8-2-3-10(18(22)23)6-11(8)15(21)17(9-4-5-9)12-7-13(19)16-14(12)20/h2-3,6,9,12H,4-5,7H2,1H3,(H,16,19,20)/t12-/m1/s1. The molecule has 2 fully saturated rings. The summed E-state index contributed by atoms with van der Waals surface area (Å²) in [5.74, 6) is -1.34. The second-order valence-electron chi connectivity index (χ2n) is 5.83. The smallest absolute Gasteiger partial charge is 0.270 e. The van der Waals surface area contributed by atoms with Crippen molar-refractivity contribution in [3.05, 3.63) is 39.4 Å². The van der Waals surface area contributed by atoms with Crippen LogP contribution in [0.4, 0.5) is 5.69 Å². The molecule has 23 heavy (non-hydrogen) atoms. The van der Waals surface area contributed by atoms with Gasteiger partial charge in [-0.25, -0.2) is 0 Å². The number of nitrogens with one attached hydrogen (secondary N) is 1. The van der Waals surface area contributed by atoms with Crippen LogP contribution in [0.1, 0.15) is 35.2 Å². The topological polar surface area (TPSA) is 110 Å². The summed E-state index contributed by atoms with van der Waals surface area (Å²) in [4.78, 5) is 48.0. The van der Waals surface area contributed by atoms with Crippen LogP contribution >= 0.6 is 0 Å². The Balaban J connectivity index is 1.96. The predicted octanol–water partition coefficient (Wildman–Crippen LogP) is 0.923. The summed E-state index contributed by atoms with van der Waals surface area (Å²) in [6.07, 6.45) is 1.46. The molecule has 1 aromatic rings. The number of nitrogens with zero attached hydrogens (tertiary/aromatic N) is 2. The third kappa shape index (κ3) is 2.79. The zero-order chi connectivity index (χ0) is 16.7. The van der Waals surface area contributed by atoms with Crippen molar-refractivity contribution in [1.29, 1.82) is 0 Å². The molecule has 3 amide bonds. The van der Waals surface area contributed by atoms with Gasteiger partial charge >= 0.3 is 0 Å². The molecular weight excluding hydrogens is 302 g/mol. The summed E-state index contributed by atoms with van der Waals surface area (Å²) in [5.41, 5.74) is 0.607. The van der Waals surface area contributed by atoms with E-state index >= 15 is 0 Å². The van der Waals surface area contributed by atoms with Gasteiger partial charge < -0.3 is 4.90 Å². The molecule has 0 unspecified atom stereocenters. The Labute approximate surface area is 131 Å². The Bertz CT molecular complexity index is 726. The van der Waals surface area contributed by atoms with Gasteiger partial charge in [-0.3, -0.25) is 29.8 Å². The molecule has 0 aromatic heterocycles. The molecule has 0 bridgehead atoms. The van der Waals surface area contributed by atoms with Gasteiger partial charge in [-0.1, -0.05) is 6.07 Å². The number of benzene rings is 1. The minimum Gasteiger partial charge on any atom is -0.323 e. The Hall–Kier alpha value is -2.77. The van der Waals surface area contributed by atoms with E-state index in [1.54, 1.807) is 6.92 Å². The van der Waals surface area contributed by atoms with Gasteiger partial charge in [0.15, 0.2) is 0 Å². The van der Waals surface area contributed by atoms with Gasteiger partial charge in [0.1, 0.15) is 6.04 Å². The second kappa shape index (κ2) is 5.45. The highest BCUT2D eigenvalue weighted by Crippen LogP contribution is 2.33.